The highest BCUT2D eigenvalue weighted by Gasteiger charge is 2.29. The first kappa shape index (κ1) is 13.9. The van der Waals surface area contributed by atoms with Crippen LogP contribution in [0.1, 0.15) is 40.0 Å². The van der Waals surface area contributed by atoms with Gasteiger partial charge in [0.15, 0.2) is 0 Å². The Bertz CT molecular complexity index is 183. The van der Waals surface area contributed by atoms with E-state index in [9.17, 15) is 0 Å². The van der Waals surface area contributed by atoms with Crippen LogP contribution < -0.4 is 5.32 Å². The molecule has 0 atom stereocenters. The van der Waals surface area contributed by atoms with E-state index in [-0.39, 0.29) is 5.54 Å². The van der Waals surface area contributed by atoms with E-state index >= 15 is 0 Å². The maximum absolute atomic E-state index is 5.52. The minimum Gasteiger partial charge on any atom is -0.378 e. The van der Waals surface area contributed by atoms with Gasteiger partial charge in [-0.05, 0) is 52.7 Å². The van der Waals surface area contributed by atoms with Gasteiger partial charge in [-0.2, -0.15) is 0 Å². The molecule has 96 valence electrons. The summed E-state index contributed by atoms with van der Waals surface area (Å²) in [7, 11) is 0. The lowest BCUT2D eigenvalue weighted by Gasteiger charge is -2.42. The Balaban J connectivity index is 2.07. The van der Waals surface area contributed by atoms with E-state index in [4.69, 9.17) is 4.74 Å². The van der Waals surface area contributed by atoms with Crippen LogP contribution >= 0.6 is 0 Å². The monoisotopic (exact) mass is 228 g/mol. The number of unbranched alkanes of at least 4 members (excludes halogenated alkanes) is 1. The third kappa shape index (κ3) is 4.81. The fourth-order valence-electron chi connectivity index (χ4n) is 2.16. The first-order valence-corrected chi connectivity index (χ1v) is 6.70. The highest BCUT2D eigenvalue weighted by atomic mass is 16.5. The van der Waals surface area contributed by atoms with Crippen LogP contribution in [-0.2, 0) is 4.74 Å². The number of hydrogen-bond acceptors (Lipinski definition) is 3. The molecule has 0 aliphatic carbocycles. The fraction of sp³-hybridized carbons (Fsp3) is 1.00. The largest absolute Gasteiger partial charge is 0.378 e. The summed E-state index contributed by atoms with van der Waals surface area (Å²) in [5.74, 6) is 0. The molecule has 0 radical (unpaired) electrons. The predicted octanol–water partition coefficient (Wildman–Crippen LogP) is 1.88. The number of nitrogens with one attached hydrogen (secondary N) is 1. The lowest BCUT2D eigenvalue weighted by atomic mass is 10.0. The van der Waals surface area contributed by atoms with Gasteiger partial charge in [0, 0.05) is 12.1 Å². The molecule has 0 bridgehead atoms. The van der Waals surface area contributed by atoms with Crippen LogP contribution in [0.5, 0.6) is 0 Å². The number of nitrogens with zero attached hydrogens (tertiary/aromatic N) is 1. The molecule has 1 fully saturated rings. The number of morpholine rings is 1. The van der Waals surface area contributed by atoms with E-state index in [2.05, 4.69) is 31.0 Å². The molecule has 0 aromatic rings. The van der Waals surface area contributed by atoms with Crippen LogP contribution in [0.2, 0.25) is 0 Å². The first-order chi connectivity index (χ1) is 7.67. The molecule has 1 rings (SSSR count). The summed E-state index contributed by atoms with van der Waals surface area (Å²) < 4.78 is 5.52. The summed E-state index contributed by atoms with van der Waals surface area (Å²) in [5, 5.41) is 3.45. The molecule has 0 spiro atoms. The van der Waals surface area contributed by atoms with Crippen molar-refractivity contribution in [3.8, 4) is 0 Å². The molecule has 3 heteroatoms. The summed E-state index contributed by atoms with van der Waals surface area (Å²) in [6.07, 6.45) is 3.81. The molecule has 1 N–H and O–H groups in total. The zero-order valence-electron chi connectivity index (χ0n) is 11.2. The Kier molecular flexibility index (Phi) is 6.32. The highest BCUT2D eigenvalue weighted by Crippen LogP contribution is 2.19. The minimum absolute atomic E-state index is 0.231. The third-order valence-electron chi connectivity index (χ3n) is 3.28. The van der Waals surface area contributed by atoms with Gasteiger partial charge in [-0.1, -0.05) is 6.92 Å². The zero-order chi connectivity index (χ0) is 11.9. The van der Waals surface area contributed by atoms with Crippen molar-refractivity contribution in [2.75, 3.05) is 39.4 Å². The van der Waals surface area contributed by atoms with Crippen molar-refractivity contribution in [2.45, 2.75) is 45.6 Å². The van der Waals surface area contributed by atoms with Crippen LogP contribution in [0, 0.1) is 0 Å². The Morgan fingerprint density at radius 3 is 2.75 bits per heavy atom. The average Bonchev–Trinajstić information content (AvgIpc) is 2.25. The quantitative estimate of drug-likeness (QED) is 0.673. The SMILES string of the molecule is CCCNCCCCN1CCOCC1(C)C. The van der Waals surface area contributed by atoms with Crippen molar-refractivity contribution in [1.29, 1.82) is 0 Å². The van der Waals surface area contributed by atoms with E-state index in [1.807, 2.05) is 0 Å². The van der Waals surface area contributed by atoms with E-state index in [0.717, 1.165) is 26.3 Å². The van der Waals surface area contributed by atoms with Gasteiger partial charge in [-0.25, -0.2) is 0 Å². The van der Waals surface area contributed by atoms with Crippen molar-refractivity contribution in [3.05, 3.63) is 0 Å². The van der Waals surface area contributed by atoms with Gasteiger partial charge in [0.1, 0.15) is 0 Å². The van der Waals surface area contributed by atoms with Crippen molar-refractivity contribution in [3.63, 3.8) is 0 Å². The smallest absolute Gasteiger partial charge is 0.0645 e. The second-order valence-electron chi connectivity index (χ2n) is 5.31. The molecule has 1 aliphatic rings. The van der Waals surface area contributed by atoms with E-state index in [0.29, 0.717) is 0 Å². The average molecular weight is 228 g/mol. The molecule has 1 aliphatic heterocycles. The molecule has 0 aromatic heterocycles. The van der Waals surface area contributed by atoms with Gasteiger partial charge in [0.05, 0.1) is 13.2 Å². The van der Waals surface area contributed by atoms with Gasteiger partial charge in [0.25, 0.3) is 0 Å². The number of hydrogen-bond donors (Lipinski definition) is 1. The van der Waals surface area contributed by atoms with Crippen molar-refractivity contribution in [1.82, 2.24) is 10.2 Å². The lowest BCUT2D eigenvalue weighted by molar-refractivity contribution is -0.0512. The van der Waals surface area contributed by atoms with E-state index < -0.39 is 0 Å². The summed E-state index contributed by atoms with van der Waals surface area (Å²) in [6.45, 7) is 13.2. The van der Waals surface area contributed by atoms with Gasteiger partial charge >= 0.3 is 0 Å². The normalized spacial score (nSPS) is 21.2. The fourth-order valence-corrected chi connectivity index (χ4v) is 2.16. The van der Waals surface area contributed by atoms with Crippen molar-refractivity contribution >= 4 is 0 Å². The standard InChI is InChI=1S/C13H28N2O/c1-4-7-14-8-5-6-9-15-10-11-16-12-13(15,2)3/h14H,4-12H2,1-3H3. The minimum atomic E-state index is 0.231. The Morgan fingerprint density at radius 1 is 1.25 bits per heavy atom. The second kappa shape index (κ2) is 7.25. The molecule has 1 saturated heterocycles. The summed E-state index contributed by atoms with van der Waals surface area (Å²) in [5.41, 5.74) is 0.231. The van der Waals surface area contributed by atoms with Crippen LogP contribution in [0.15, 0.2) is 0 Å². The Hall–Kier alpha value is -0.120. The molecule has 1 heterocycles. The first-order valence-electron chi connectivity index (χ1n) is 6.70. The van der Waals surface area contributed by atoms with Crippen LogP contribution in [0.3, 0.4) is 0 Å². The van der Waals surface area contributed by atoms with Gasteiger partial charge in [-0.3, -0.25) is 4.90 Å². The topological polar surface area (TPSA) is 24.5 Å². The zero-order valence-corrected chi connectivity index (χ0v) is 11.2. The molecule has 3 nitrogen and oxygen atoms in total. The van der Waals surface area contributed by atoms with Crippen LogP contribution in [0.4, 0.5) is 0 Å². The molecular weight excluding hydrogens is 200 g/mol. The summed E-state index contributed by atoms with van der Waals surface area (Å²) in [4.78, 5) is 2.57. The number of rotatable bonds is 7. The predicted molar refractivity (Wildman–Crippen MR) is 68.9 cm³/mol. The van der Waals surface area contributed by atoms with Gasteiger partial charge < -0.3 is 10.1 Å². The molecule has 0 amide bonds. The van der Waals surface area contributed by atoms with Gasteiger partial charge in [0.2, 0.25) is 0 Å². The Morgan fingerprint density at radius 2 is 2.06 bits per heavy atom. The van der Waals surface area contributed by atoms with Crippen LogP contribution in [0.25, 0.3) is 0 Å². The lowest BCUT2D eigenvalue weighted by Crippen LogP contribution is -2.53. The van der Waals surface area contributed by atoms with Gasteiger partial charge in [-0.15, -0.1) is 0 Å². The highest BCUT2D eigenvalue weighted by molar-refractivity contribution is 4.84. The van der Waals surface area contributed by atoms with E-state index in [1.165, 1.54) is 32.4 Å². The molecular formula is C13H28N2O. The van der Waals surface area contributed by atoms with Crippen molar-refractivity contribution in [2.24, 2.45) is 0 Å². The van der Waals surface area contributed by atoms with Crippen LogP contribution in [-0.4, -0.2) is 49.8 Å². The van der Waals surface area contributed by atoms with E-state index in [1.54, 1.807) is 0 Å². The second-order valence-corrected chi connectivity index (χ2v) is 5.31. The summed E-state index contributed by atoms with van der Waals surface area (Å²) in [6, 6.07) is 0. The molecule has 0 saturated carbocycles. The summed E-state index contributed by atoms with van der Waals surface area (Å²) >= 11 is 0. The maximum Gasteiger partial charge on any atom is 0.0645 e. The maximum atomic E-state index is 5.52. The number of ether oxygens (including phenoxy) is 1. The third-order valence-corrected chi connectivity index (χ3v) is 3.28. The Labute approximate surface area is 101 Å². The molecule has 16 heavy (non-hydrogen) atoms. The molecule has 0 aromatic carbocycles. The molecule has 0 unspecified atom stereocenters. The van der Waals surface area contributed by atoms with Crippen molar-refractivity contribution < 1.29 is 4.74 Å².